The van der Waals surface area contributed by atoms with Gasteiger partial charge in [-0.25, -0.2) is 0 Å². The minimum atomic E-state index is 0.511. The maximum absolute atomic E-state index is 5.16. The lowest BCUT2D eigenvalue weighted by Gasteiger charge is -2.26. The number of hydrogen-bond donors (Lipinski definition) is 1. The maximum Gasteiger partial charge on any atom is 0.0615 e. The molecule has 0 amide bonds. The molecule has 0 aliphatic heterocycles. The Labute approximate surface area is 83.1 Å². The zero-order valence-corrected chi connectivity index (χ0v) is 9.76. The van der Waals surface area contributed by atoms with Gasteiger partial charge in [-0.2, -0.15) is 0 Å². The summed E-state index contributed by atoms with van der Waals surface area (Å²) >= 11 is 0. The van der Waals surface area contributed by atoms with Gasteiger partial charge >= 0.3 is 0 Å². The summed E-state index contributed by atoms with van der Waals surface area (Å²) in [5.41, 5.74) is 0. The van der Waals surface area contributed by atoms with Crippen molar-refractivity contribution in [1.29, 1.82) is 0 Å². The molecule has 0 bridgehead atoms. The van der Waals surface area contributed by atoms with E-state index in [2.05, 4.69) is 33.0 Å². The van der Waals surface area contributed by atoms with Crippen LogP contribution in [0.1, 0.15) is 40.5 Å². The normalized spacial score (nSPS) is 16.2. The first kappa shape index (κ1) is 12.9. The van der Waals surface area contributed by atoms with Crippen molar-refractivity contribution in [3.8, 4) is 0 Å². The molecule has 0 fully saturated rings. The van der Waals surface area contributed by atoms with E-state index in [0.29, 0.717) is 18.0 Å². The van der Waals surface area contributed by atoms with E-state index in [4.69, 9.17) is 4.74 Å². The van der Waals surface area contributed by atoms with Gasteiger partial charge in [-0.15, -0.1) is 0 Å². The molecule has 0 saturated carbocycles. The highest BCUT2D eigenvalue weighted by Crippen LogP contribution is 2.07. The van der Waals surface area contributed by atoms with Gasteiger partial charge in [0.15, 0.2) is 0 Å². The molecule has 0 aliphatic rings. The molecular weight excluding hydrogens is 162 g/mol. The van der Waals surface area contributed by atoms with Gasteiger partial charge in [0.05, 0.1) is 6.61 Å². The van der Waals surface area contributed by atoms with Gasteiger partial charge in [0.25, 0.3) is 0 Å². The summed E-state index contributed by atoms with van der Waals surface area (Å²) < 4.78 is 5.16. The van der Waals surface area contributed by atoms with Gasteiger partial charge < -0.3 is 10.1 Å². The van der Waals surface area contributed by atoms with E-state index < -0.39 is 0 Å². The summed E-state index contributed by atoms with van der Waals surface area (Å²) in [5, 5.41) is 3.63. The highest BCUT2D eigenvalue weighted by Gasteiger charge is 2.14. The van der Waals surface area contributed by atoms with Crippen molar-refractivity contribution in [3.63, 3.8) is 0 Å². The molecule has 0 rings (SSSR count). The third-order valence-corrected chi connectivity index (χ3v) is 2.55. The van der Waals surface area contributed by atoms with Crippen molar-refractivity contribution in [2.24, 2.45) is 5.92 Å². The predicted molar refractivity (Wildman–Crippen MR) is 58.0 cm³/mol. The van der Waals surface area contributed by atoms with Crippen LogP contribution >= 0.6 is 0 Å². The monoisotopic (exact) mass is 187 g/mol. The van der Waals surface area contributed by atoms with E-state index in [1.54, 1.807) is 7.11 Å². The van der Waals surface area contributed by atoms with E-state index in [1.807, 2.05) is 0 Å². The van der Waals surface area contributed by atoms with Crippen LogP contribution in [-0.2, 0) is 4.74 Å². The molecular formula is C11H25NO. The molecule has 0 saturated heterocycles. The quantitative estimate of drug-likeness (QED) is 0.661. The van der Waals surface area contributed by atoms with Gasteiger partial charge in [-0.3, -0.25) is 0 Å². The van der Waals surface area contributed by atoms with Crippen molar-refractivity contribution in [2.45, 2.75) is 52.6 Å². The minimum Gasteiger partial charge on any atom is -0.383 e. The second-order valence-corrected chi connectivity index (χ2v) is 3.99. The van der Waals surface area contributed by atoms with Crippen molar-refractivity contribution < 1.29 is 4.74 Å². The summed E-state index contributed by atoms with van der Waals surface area (Å²) in [6.45, 7) is 9.78. The maximum atomic E-state index is 5.16. The van der Waals surface area contributed by atoms with E-state index in [0.717, 1.165) is 13.0 Å². The van der Waals surface area contributed by atoms with Crippen molar-refractivity contribution in [1.82, 2.24) is 5.32 Å². The number of nitrogens with one attached hydrogen (secondary N) is 1. The van der Waals surface area contributed by atoms with Gasteiger partial charge in [0.2, 0.25) is 0 Å². The van der Waals surface area contributed by atoms with Gasteiger partial charge in [0.1, 0.15) is 0 Å². The van der Waals surface area contributed by atoms with Crippen LogP contribution in [-0.4, -0.2) is 25.8 Å². The van der Waals surface area contributed by atoms with E-state index in [9.17, 15) is 0 Å². The Morgan fingerprint density at radius 1 is 1.15 bits per heavy atom. The lowest BCUT2D eigenvalue weighted by Crippen LogP contribution is -2.43. The Morgan fingerprint density at radius 3 is 2.08 bits per heavy atom. The van der Waals surface area contributed by atoms with Gasteiger partial charge in [-0.05, 0) is 18.8 Å². The molecule has 80 valence electrons. The van der Waals surface area contributed by atoms with E-state index >= 15 is 0 Å². The fourth-order valence-corrected chi connectivity index (χ4v) is 1.57. The topological polar surface area (TPSA) is 21.3 Å². The Bertz CT molecular complexity index is 115. The molecule has 0 radical (unpaired) electrons. The third-order valence-electron chi connectivity index (χ3n) is 2.55. The molecule has 0 aromatic rings. The van der Waals surface area contributed by atoms with E-state index in [-0.39, 0.29) is 0 Å². The van der Waals surface area contributed by atoms with E-state index in [1.165, 1.54) is 6.42 Å². The average Bonchev–Trinajstić information content (AvgIpc) is 2.11. The molecule has 1 N–H and O–H groups in total. The minimum absolute atomic E-state index is 0.511. The second-order valence-electron chi connectivity index (χ2n) is 3.99. The zero-order valence-electron chi connectivity index (χ0n) is 9.76. The summed E-state index contributed by atoms with van der Waals surface area (Å²) in [5.74, 6) is 0.705. The van der Waals surface area contributed by atoms with Crippen LogP contribution in [0, 0.1) is 5.92 Å². The van der Waals surface area contributed by atoms with Gasteiger partial charge in [-0.1, -0.05) is 27.7 Å². The first-order valence-electron chi connectivity index (χ1n) is 5.40. The Kier molecular flexibility index (Phi) is 7.29. The standard InChI is InChI=1S/C11H25NO/c1-6-10(8-13-5)12-11(7-2)9(3)4/h9-12H,6-8H2,1-5H3. The fourth-order valence-electron chi connectivity index (χ4n) is 1.57. The first-order valence-corrected chi connectivity index (χ1v) is 5.40. The largest absolute Gasteiger partial charge is 0.383 e. The van der Waals surface area contributed by atoms with Crippen LogP contribution in [0.3, 0.4) is 0 Å². The lowest BCUT2D eigenvalue weighted by molar-refractivity contribution is 0.152. The van der Waals surface area contributed by atoms with Gasteiger partial charge in [0, 0.05) is 19.2 Å². The Balaban J connectivity index is 3.87. The lowest BCUT2D eigenvalue weighted by atomic mass is 10.0. The number of rotatable bonds is 7. The molecule has 0 spiro atoms. The highest BCUT2D eigenvalue weighted by atomic mass is 16.5. The molecule has 2 heteroatoms. The SMILES string of the molecule is CCC(COC)NC(CC)C(C)C. The molecule has 0 aromatic heterocycles. The number of methoxy groups -OCH3 is 1. The molecule has 2 atom stereocenters. The smallest absolute Gasteiger partial charge is 0.0615 e. The molecule has 2 unspecified atom stereocenters. The summed E-state index contributed by atoms with van der Waals surface area (Å²) in [4.78, 5) is 0. The fraction of sp³-hybridized carbons (Fsp3) is 1.00. The van der Waals surface area contributed by atoms with Crippen molar-refractivity contribution in [2.75, 3.05) is 13.7 Å². The molecule has 0 heterocycles. The third kappa shape index (κ3) is 5.27. The van der Waals surface area contributed by atoms with Crippen LogP contribution in [0.2, 0.25) is 0 Å². The molecule has 0 aliphatic carbocycles. The predicted octanol–water partition coefficient (Wildman–Crippen LogP) is 2.44. The number of ether oxygens (including phenoxy) is 1. The number of hydrogen-bond acceptors (Lipinski definition) is 2. The summed E-state index contributed by atoms with van der Waals surface area (Å²) in [7, 11) is 1.76. The summed E-state index contributed by atoms with van der Waals surface area (Å²) in [6, 6.07) is 1.14. The summed E-state index contributed by atoms with van der Waals surface area (Å²) in [6.07, 6.45) is 2.33. The van der Waals surface area contributed by atoms with Crippen LogP contribution in [0.25, 0.3) is 0 Å². The Hall–Kier alpha value is -0.0800. The zero-order chi connectivity index (χ0) is 10.3. The average molecular weight is 187 g/mol. The molecule has 2 nitrogen and oxygen atoms in total. The van der Waals surface area contributed by atoms with Crippen LogP contribution in [0.5, 0.6) is 0 Å². The first-order chi connectivity index (χ1) is 6.15. The molecule has 13 heavy (non-hydrogen) atoms. The van der Waals surface area contributed by atoms with Crippen molar-refractivity contribution in [3.05, 3.63) is 0 Å². The van der Waals surface area contributed by atoms with Crippen LogP contribution in [0.4, 0.5) is 0 Å². The second kappa shape index (κ2) is 7.34. The van der Waals surface area contributed by atoms with Crippen LogP contribution in [0.15, 0.2) is 0 Å². The van der Waals surface area contributed by atoms with Crippen LogP contribution < -0.4 is 5.32 Å². The molecule has 0 aromatic carbocycles. The highest BCUT2D eigenvalue weighted by molar-refractivity contribution is 4.74. The Morgan fingerprint density at radius 2 is 1.77 bits per heavy atom. The van der Waals surface area contributed by atoms with Crippen molar-refractivity contribution >= 4 is 0 Å².